The Labute approximate surface area is 193 Å². The number of nitrogens with zero attached hydrogens (tertiary/aromatic N) is 4. The summed E-state index contributed by atoms with van der Waals surface area (Å²) in [5, 5.41) is 2.43. The zero-order valence-corrected chi connectivity index (χ0v) is 18.7. The molecule has 4 nitrogen and oxygen atoms in total. The maximum Gasteiger partial charge on any atom is 0.138 e. The van der Waals surface area contributed by atoms with Crippen molar-refractivity contribution in [3.05, 3.63) is 109 Å². The lowest BCUT2D eigenvalue weighted by atomic mass is 10.0. The summed E-state index contributed by atoms with van der Waals surface area (Å²) >= 11 is 0. The van der Waals surface area contributed by atoms with E-state index in [2.05, 4.69) is 88.7 Å². The molecule has 33 heavy (non-hydrogen) atoms. The molecular formula is C29H24N4. The monoisotopic (exact) mass is 428 g/mol. The number of pyridine rings is 2. The molecule has 0 fully saturated rings. The summed E-state index contributed by atoms with van der Waals surface area (Å²) in [6.45, 7) is 6.00. The third-order valence-corrected chi connectivity index (χ3v) is 5.73. The lowest BCUT2D eigenvalue weighted by Gasteiger charge is -2.13. The number of hydrogen-bond acceptors (Lipinski definition) is 3. The third-order valence-electron chi connectivity index (χ3n) is 5.73. The Morgan fingerprint density at radius 3 is 2.58 bits per heavy atom. The minimum absolute atomic E-state index is 0.829. The van der Waals surface area contributed by atoms with Gasteiger partial charge < -0.3 is 0 Å². The van der Waals surface area contributed by atoms with Crippen LogP contribution in [0.5, 0.6) is 0 Å². The number of aliphatic imine (C=N–C) groups is 1. The minimum atomic E-state index is 0.829. The van der Waals surface area contributed by atoms with Crippen LogP contribution in [0.4, 0.5) is 0 Å². The molecule has 0 saturated heterocycles. The van der Waals surface area contributed by atoms with Crippen LogP contribution >= 0.6 is 0 Å². The number of benzene rings is 2. The van der Waals surface area contributed by atoms with Crippen molar-refractivity contribution in [3.63, 3.8) is 0 Å². The molecule has 160 valence electrons. The van der Waals surface area contributed by atoms with Gasteiger partial charge in [0.1, 0.15) is 5.82 Å². The van der Waals surface area contributed by atoms with Crippen LogP contribution in [0.2, 0.25) is 0 Å². The van der Waals surface area contributed by atoms with Gasteiger partial charge >= 0.3 is 0 Å². The Balaban J connectivity index is 1.87. The minimum Gasteiger partial charge on any atom is -0.296 e. The summed E-state index contributed by atoms with van der Waals surface area (Å²) in [4.78, 5) is 13.7. The zero-order chi connectivity index (χ0) is 22.8. The highest BCUT2D eigenvalue weighted by Crippen LogP contribution is 2.34. The molecule has 0 aliphatic rings. The average Bonchev–Trinajstić information content (AvgIpc) is 3.18. The van der Waals surface area contributed by atoms with Gasteiger partial charge in [0.25, 0.3) is 0 Å². The van der Waals surface area contributed by atoms with E-state index in [1.165, 1.54) is 16.3 Å². The first kappa shape index (κ1) is 20.6. The highest BCUT2D eigenvalue weighted by molar-refractivity contribution is 6.11. The van der Waals surface area contributed by atoms with Crippen molar-refractivity contribution in [1.82, 2.24) is 14.5 Å². The van der Waals surface area contributed by atoms with Crippen molar-refractivity contribution in [3.8, 4) is 16.9 Å². The van der Waals surface area contributed by atoms with Crippen LogP contribution < -0.4 is 0 Å². The summed E-state index contributed by atoms with van der Waals surface area (Å²) < 4.78 is 2.24. The van der Waals surface area contributed by atoms with Crippen molar-refractivity contribution >= 4 is 33.6 Å². The number of aryl methyl sites for hydroxylation is 1. The molecule has 0 amide bonds. The number of fused-ring (bicyclic) bond motifs is 3. The average molecular weight is 429 g/mol. The van der Waals surface area contributed by atoms with Gasteiger partial charge in [0.15, 0.2) is 0 Å². The van der Waals surface area contributed by atoms with Crippen molar-refractivity contribution in [2.24, 2.45) is 4.99 Å². The first-order valence-electron chi connectivity index (χ1n) is 10.9. The lowest BCUT2D eigenvalue weighted by molar-refractivity contribution is 1.07. The molecule has 0 aliphatic carbocycles. The van der Waals surface area contributed by atoms with Crippen LogP contribution in [0.15, 0.2) is 103 Å². The fourth-order valence-corrected chi connectivity index (χ4v) is 4.27. The summed E-state index contributed by atoms with van der Waals surface area (Å²) in [5.74, 6) is 0.848. The molecule has 3 aromatic heterocycles. The first-order chi connectivity index (χ1) is 16.2. The maximum absolute atomic E-state index is 5.10. The molecule has 0 radical (unpaired) electrons. The van der Waals surface area contributed by atoms with E-state index in [0.717, 1.165) is 39.2 Å². The standard InChI is InChI=1S/C29H24N4/c1-4-8-22(18-30-3)26-16-23(21-9-7-14-31-19-21)17-29(32-26)33-27-11-6-5-10-24(27)25-15-20(2)12-13-28(25)33/h4-19H,1H2,2-3H3/b22-8+,30-18?. The number of allylic oxidation sites excluding steroid dienone is 3. The van der Waals surface area contributed by atoms with E-state index in [0.29, 0.717) is 0 Å². The second kappa shape index (κ2) is 8.67. The Bertz CT molecular complexity index is 1540. The highest BCUT2D eigenvalue weighted by atomic mass is 15.1. The van der Waals surface area contributed by atoms with Gasteiger partial charge in [-0.3, -0.25) is 14.5 Å². The number of aromatic nitrogens is 3. The second-order valence-corrected chi connectivity index (χ2v) is 7.96. The predicted octanol–water partition coefficient (Wildman–Crippen LogP) is 6.82. The van der Waals surface area contributed by atoms with Gasteiger partial charge in [-0.15, -0.1) is 0 Å². The number of para-hydroxylation sites is 1. The molecule has 2 aromatic carbocycles. The third kappa shape index (κ3) is 3.76. The predicted molar refractivity (Wildman–Crippen MR) is 139 cm³/mol. The number of rotatable bonds is 5. The van der Waals surface area contributed by atoms with Crippen molar-refractivity contribution in [1.29, 1.82) is 0 Å². The molecule has 4 heteroatoms. The Kier molecular flexibility index (Phi) is 5.41. The molecule has 0 unspecified atom stereocenters. The molecule has 0 spiro atoms. The molecule has 0 N–H and O–H groups in total. The molecule has 5 rings (SSSR count). The summed E-state index contributed by atoms with van der Waals surface area (Å²) in [5.41, 5.74) is 7.29. The summed E-state index contributed by atoms with van der Waals surface area (Å²) in [6, 6.07) is 23.3. The van der Waals surface area contributed by atoms with E-state index < -0.39 is 0 Å². The molecule has 0 saturated carbocycles. The SMILES string of the molecule is C=C/C=C(\C=NC)c1cc(-c2cccnc2)cc(-n2c3ccccc3c3cc(C)ccc32)n1. The Morgan fingerprint density at radius 1 is 0.939 bits per heavy atom. The molecule has 0 atom stereocenters. The first-order valence-corrected chi connectivity index (χ1v) is 10.9. The molecule has 5 aromatic rings. The van der Waals surface area contributed by atoms with Gasteiger partial charge in [0.05, 0.1) is 16.7 Å². The van der Waals surface area contributed by atoms with Crippen molar-refractivity contribution in [2.75, 3.05) is 7.05 Å². The van der Waals surface area contributed by atoms with Crippen LogP contribution in [0, 0.1) is 6.92 Å². The van der Waals surface area contributed by atoms with Crippen LogP contribution in [0.3, 0.4) is 0 Å². The van der Waals surface area contributed by atoms with Crippen LogP contribution in [0.25, 0.3) is 44.3 Å². The molecule has 0 aliphatic heterocycles. The van der Waals surface area contributed by atoms with E-state index >= 15 is 0 Å². The largest absolute Gasteiger partial charge is 0.296 e. The highest BCUT2D eigenvalue weighted by Gasteiger charge is 2.15. The van der Waals surface area contributed by atoms with E-state index in [1.807, 2.05) is 24.6 Å². The molecule has 3 heterocycles. The van der Waals surface area contributed by atoms with Crippen LogP contribution in [0.1, 0.15) is 11.3 Å². The lowest BCUT2D eigenvalue weighted by Crippen LogP contribution is -2.02. The smallest absolute Gasteiger partial charge is 0.138 e. The van der Waals surface area contributed by atoms with Crippen LogP contribution in [-0.2, 0) is 0 Å². The molecular weight excluding hydrogens is 404 g/mol. The molecule has 0 bridgehead atoms. The number of hydrogen-bond donors (Lipinski definition) is 0. The summed E-state index contributed by atoms with van der Waals surface area (Å²) in [6.07, 6.45) is 9.17. The van der Waals surface area contributed by atoms with E-state index in [4.69, 9.17) is 4.98 Å². The Hall–Kier alpha value is -4.31. The fourth-order valence-electron chi connectivity index (χ4n) is 4.27. The quantitative estimate of drug-likeness (QED) is 0.228. The fraction of sp³-hybridized carbons (Fsp3) is 0.0690. The van der Waals surface area contributed by atoms with Gasteiger partial charge in [-0.2, -0.15) is 0 Å². The van der Waals surface area contributed by atoms with Crippen LogP contribution in [-0.4, -0.2) is 27.8 Å². The van der Waals surface area contributed by atoms with E-state index in [1.54, 1.807) is 19.3 Å². The second-order valence-electron chi connectivity index (χ2n) is 7.96. The van der Waals surface area contributed by atoms with Crippen molar-refractivity contribution in [2.45, 2.75) is 6.92 Å². The van der Waals surface area contributed by atoms with Gasteiger partial charge in [-0.05, 0) is 48.9 Å². The van der Waals surface area contributed by atoms with Gasteiger partial charge in [-0.1, -0.05) is 54.6 Å². The zero-order valence-electron chi connectivity index (χ0n) is 18.7. The normalized spacial score (nSPS) is 12.1. The topological polar surface area (TPSA) is 43.1 Å². The van der Waals surface area contributed by atoms with E-state index in [-0.39, 0.29) is 0 Å². The summed E-state index contributed by atoms with van der Waals surface area (Å²) in [7, 11) is 1.76. The van der Waals surface area contributed by atoms with Gasteiger partial charge in [0, 0.05) is 47.6 Å². The van der Waals surface area contributed by atoms with Gasteiger partial charge in [-0.25, -0.2) is 4.98 Å². The maximum atomic E-state index is 5.10. The Morgan fingerprint density at radius 2 is 1.79 bits per heavy atom. The van der Waals surface area contributed by atoms with Gasteiger partial charge in [0.2, 0.25) is 0 Å². The van der Waals surface area contributed by atoms with E-state index in [9.17, 15) is 0 Å². The van der Waals surface area contributed by atoms with Crippen molar-refractivity contribution < 1.29 is 0 Å².